The third-order valence-electron chi connectivity index (χ3n) is 3.53. The van der Waals surface area contributed by atoms with E-state index in [2.05, 4.69) is 28.2 Å². The number of hydrogen-bond donors (Lipinski definition) is 2. The summed E-state index contributed by atoms with van der Waals surface area (Å²) in [5.41, 5.74) is 1.97. The Balaban J connectivity index is 1.98. The molecule has 1 aromatic carbocycles. The van der Waals surface area contributed by atoms with Gasteiger partial charge in [-0.25, -0.2) is 0 Å². The van der Waals surface area contributed by atoms with E-state index in [1.165, 1.54) is 0 Å². The predicted molar refractivity (Wildman–Crippen MR) is 86.4 cm³/mol. The van der Waals surface area contributed by atoms with Crippen LogP contribution in [0.25, 0.3) is 0 Å². The normalized spacial score (nSPS) is 18.1. The Morgan fingerprint density at radius 3 is 2.60 bits per heavy atom. The van der Waals surface area contributed by atoms with Crippen LogP contribution in [0.2, 0.25) is 5.02 Å². The molecular formula is C14H21Cl2N3O. The maximum Gasteiger partial charge on any atom is 0.0847 e. The zero-order chi connectivity index (χ0) is 14.5. The molecule has 2 rings (SSSR count). The van der Waals surface area contributed by atoms with Crippen molar-refractivity contribution in [1.82, 2.24) is 4.90 Å². The molecule has 1 saturated heterocycles. The fraction of sp³-hybridized carbons (Fsp3) is 0.571. The van der Waals surface area contributed by atoms with Gasteiger partial charge in [0.05, 0.1) is 22.7 Å². The highest BCUT2D eigenvalue weighted by Crippen LogP contribution is 2.28. The van der Waals surface area contributed by atoms with E-state index >= 15 is 0 Å². The molecule has 1 atom stereocenters. The van der Waals surface area contributed by atoms with Crippen molar-refractivity contribution in [3.63, 3.8) is 0 Å². The summed E-state index contributed by atoms with van der Waals surface area (Å²) in [7, 11) is 2.14. The number of piperazine rings is 1. The van der Waals surface area contributed by atoms with Crippen LogP contribution in [0.4, 0.5) is 11.4 Å². The Labute approximate surface area is 130 Å². The monoisotopic (exact) mass is 317 g/mol. The summed E-state index contributed by atoms with van der Waals surface area (Å²) in [4.78, 5) is 4.66. The van der Waals surface area contributed by atoms with Gasteiger partial charge in [-0.1, -0.05) is 11.6 Å². The second kappa shape index (κ2) is 7.36. The van der Waals surface area contributed by atoms with Gasteiger partial charge >= 0.3 is 0 Å². The molecule has 2 N–H and O–H groups in total. The van der Waals surface area contributed by atoms with E-state index in [1.54, 1.807) is 0 Å². The van der Waals surface area contributed by atoms with Gasteiger partial charge in [-0.3, -0.25) is 0 Å². The summed E-state index contributed by atoms with van der Waals surface area (Å²) in [5.74, 6) is 0.212. The molecule has 0 saturated carbocycles. The Bertz CT molecular complexity index is 436. The number of likely N-dealkylation sites (N-methyl/N-ethyl adjacent to an activating group) is 1. The third-order valence-corrected chi connectivity index (χ3v) is 4.20. The van der Waals surface area contributed by atoms with Gasteiger partial charge in [-0.2, -0.15) is 0 Å². The SMILES string of the molecule is CN1CCN(c2ccc(NCC(O)CCl)c(Cl)c2)CC1. The second-order valence-electron chi connectivity index (χ2n) is 5.14. The van der Waals surface area contributed by atoms with Crippen LogP contribution in [0.1, 0.15) is 0 Å². The number of anilines is 2. The zero-order valence-corrected chi connectivity index (χ0v) is 13.2. The molecule has 0 spiro atoms. The number of nitrogens with zero attached hydrogens (tertiary/aromatic N) is 2. The molecule has 1 fully saturated rings. The van der Waals surface area contributed by atoms with Crippen LogP contribution in [-0.4, -0.2) is 61.8 Å². The van der Waals surface area contributed by atoms with Gasteiger partial charge in [0.2, 0.25) is 0 Å². The Hall–Kier alpha value is -0.680. The largest absolute Gasteiger partial charge is 0.390 e. The van der Waals surface area contributed by atoms with Crippen LogP contribution < -0.4 is 10.2 Å². The molecule has 0 aliphatic carbocycles. The average molecular weight is 318 g/mol. The highest BCUT2D eigenvalue weighted by molar-refractivity contribution is 6.33. The number of hydrogen-bond acceptors (Lipinski definition) is 4. The lowest BCUT2D eigenvalue weighted by atomic mass is 10.2. The van der Waals surface area contributed by atoms with Crippen LogP contribution in [0, 0.1) is 0 Å². The molecule has 0 aromatic heterocycles. The molecule has 1 aromatic rings. The van der Waals surface area contributed by atoms with Crippen LogP contribution in [0.5, 0.6) is 0 Å². The van der Waals surface area contributed by atoms with Crippen LogP contribution in [0.15, 0.2) is 18.2 Å². The van der Waals surface area contributed by atoms with E-state index < -0.39 is 6.10 Å². The maximum atomic E-state index is 9.44. The molecule has 6 heteroatoms. The smallest absolute Gasteiger partial charge is 0.0847 e. The van der Waals surface area contributed by atoms with E-state index in [4.69, 9.17) is 23.2 Å². The number of aliphatic hydroxyl groups excluding tert-OH is 1. The quantitative estimate of drug-likeness (QED) is 0.816. The summed E-state index contributed by atoms with van der Waals surface area (Å²) >= 11 is 11.9. The molecule has 1 unspecified atom stereocenters. The number of benzene rings is 1. The highest BCUT2D eigenvalue weighted by Gasteiger charge is 2.15. The molecular weight excluding hydrogens is 297 g/mol. The Morgan fingerprint density at radius 1 is 1.30 bits per heavy atom. The van der Waals surface area contributed by atoms with Crippen molar-refractivity contribution in [3.05, 3.63) is 23.2 Å². The third kappa shape index (κ3) is 4.16. The first-order valence-electron chi connectivity index (χ1n) is 6.81. The van der Waals surface area contributed by atoms with Crippen molar-refractivity contribution >= 4 is 34.6 Å². The minimum absolute atomic E-state index is 0.212. The average Bonchev–Trinajstić information content (AvgIpc) is 2.46. The van der Waals surface area contributed by atoms with Crippen LogP contribution in [-0.2, 0) is 0 Å². The van der Waals surface area contributed by atoms with E-state index in [9.17, 15) is 5.11 Å². The van der Waals surface area contributed by atoms with Gasteiger partial charge in [0.25, 0.3) is 0 Å². The predicted octanol–water partition coefficient (Wildman–Crippen LogP) is 2.10. The van der Waals surface area contributed by atoms with Crippen LogP contribution in [0.3, 0.4) is 0 Å². The lowest BCUT2D eigenvalue weighted by Crippen LogP contribution is -2.44. The summed E-state index contributed by atoms with van der Waals surface area (Å²) in [6.45, 7) is 4.57. The molecule has 1 aliphatic rings. The summed E-state index contributed by atoms with van der Waals surface area (Å²) in [6.07, 6.45) is -0.565. The molecule has 1 heterocycles. The van der Waals surface area contributed by atoms with Crippen molar-refractivity contribution < 1.29 is 5.11 Å². The van der Waals surface area contributed by atoms with Gasteiger partial charge in [0.15, 0.2) is 0 Å². The molecule has 0 radical (unpaired) electrons. The van der Waals surface area contributed by atoms with E-state index in [0.29, 0.717) is 11.6 Å². The first kappa shape index (κ1) is 15.7. The summed E-state index contributed by atoms with van der Waals surface area (Å²) in [5, 5.41) is 13.2. The van der Waals surface area contributed by atoms with Gasteiger partial charge in [0, 0.05) is 38.4 Å². The number of nitrogens with one attached hydrogen (secondary N) is 1. The summed E-state index contributed by atoms with van der Waals surface area (Å²) < 4.78 is 0. The molecule has 4 nitrogen and oxygen atoms in total. The van der Waals surface area contributed by atoms with Crippen molar-refractivity contribution in [2.45, 2.75) is 6.10 Å². The van der Waals surface area contributed by atoms with E-state index in [-0.39, 0.29) is 5.88 Å². The summed E-state index contributed by atoms with van der Waals surface area (Å²) in [6, 6.07) is 5.99. The van der Waals surface area contributed by atoms with E-state index in [1.807, 2.05) is 12.1 Å². The minimum Gasteiger partial charge on any atom is -0.390 e. The first-order chi connectivity index (χ1) is 9.60. The Morgan fingerprint density at radius 2 is 2.00 bits per heavy atom. The first-order valence-corrected chi connectivity index (χ1v) is 7.72. The molecule has 0 bridgehead atoms. The zero-order valence-electron chi connectivity index (χ0n) is 11.6. The number of alkyl halides is 1. The molecule has 20 heavy (non-hydrogen) atoms. The van der Waals surface area contributed by atoms with Gasteiger partial charge in [-0.15, -0.1) is 11.6 Å². The van der Waals surface area contributed by atoms with Crippen LogP contribution >= 0.6 is 23.2 Å². The lowest BCUT2D eigenvalue weighted by molar-refractivity contribution is 0.211. The number of aliphatic hydroxyl groups is 1. The van der Waals surface area contributed by atoms with Crippen molar-refractivity contribution in [2.24, 2.45) is 0 Å². The molecule has 1 aliphatic heterocycles. The van der Waals surface area contributed by atoms with E-state index in [0.717, 1.165) is 37.6 Å². The van der Waals surface area contributed by atoms with Gasteiger partial charge < -0.3 is 20.2 Å². The minimum atomic E-state index is -0.565. The standard InChI is InChI=1S/C14H21Cl2N3O/c1-18-4-6-19(7-5-18)11-2-3-14(13(16)8-11)17-10-12(20)9-15/h2-3,8,12,17,20H,4-7,9-10H2,1H3. The van der Waals surface area contributed by atoms with Crippen molar-refractivity contribution in [2.75, 3.05) is 55.9 Å². The topological polar surface area (TPSA) is 38.7 Å². The second-order valence-corrected chi connectivity index (χ2v) is 5.86. The highest BCUT2D eigenvalue weighted by atomic mass is 35.5. The Kier molecular flexibility index (Phi) is 5.78. The maximum absolute atomic E-state index is 9.44. The lowest BCUT2D eigenvalue weighted by Gasteiger charge is -2.34. The van der Waals surface area contributed by atoms with Crippen molar-refractivity contribution in [1.29, 1.82) is 0 Å². The van der Waals surface area contributed by atoms with Gasteiger partial charge in [-0.05, 0) is 25.2 Å². The van der Waals surface area contributed by atoms with Gasteiger partial charge in [0.1, 0.15) is 0 Å². The fourth-order valence-corrected chi connectivity index (χ4v) is 2.54. The molecule has 112 valence electrons. The van der Waals surface area contributed by atoms with Crippen molar-refractivity contribution in [3.8, 4) is 0 Å². The number of rotatable bonds is 5. The molecule has 0 amide bonds. The fourth-order valence-electron chi connectivity index (χ4n) is 2.19. The number of halogens is 2.